The Hall–Kier alpha value is -6.88. The minimum absolute atomic E-state index is 0.112. The van der Waals surface area contributed by atoms with Crippen molar-refractivity contribution in [3.8, 4) is 33.4 Å². The molecule has 2 nitrogen and oxygen atoms in total. The van der Waals surface area contributed by atoms with Gasteiger partial charge in [0.05, 0.1) is 4.70 Å². The van der Waals surface area contributed by atoms with Crippen molar-refractivity contribution in [2.45, 2.75) is 38.5 Å². The van der Waals surface area contributed by atoms with Crippen LogP contribution >= 0.6 is 11.3 Å². The average Bonchev–Trinajstić information content (AvgIpc) is 3.80. The van der Waals surface area contributed by atoms with Gasteiger partial charge in [0.2, 0.25) is 0 Å². The van der Waals surface area contributed by atoms with Gasteiger partial charge in [0.1, 0.15) is 0 Å². The lowest BCUT2D eigenvalue weighted by atomic mass is 9.42. The SMILES string of the molecule is CC(C)(c1ccc2ccccc2c1)c1cccc2c1Nc1cc3c(c4c1B2N(c1cccc2c1sc1ccccc12)c1cc(-c2ccccc2)ccc1-4)-c1ccccc1C3(C)C. The van der Waals surface area contributed by atoms with Crippen molar-refractivity contribution in [2.24, 2.45) is 0 Å². The maximum atomic E-state index is 4.23. The third-order valence-electron chi connectivity index (χ3n) is 14.5. The van der Waals surface area contributed by atoms with Crippen molar-refractivity contribution in [1.29, 1.82) is 0 Å². The zero-order chi connectivity index (χ0) is 41.5. The average molecular weight is 811 g/mol. The summed E-state index contributed by atoms with van der Waals surface area (Å²) in [4.78, 5) is 2.72. The minimum atomic E-state index is -0.307. The minimum Gasteiger partial charge on any atom is -0.375 e. The van der Waals surface area contributed by atoms with Crippen LogP contribution in [-0.4, -0.2) is 6.85 Å². The number of nitrogens with zero attached hydrogens (tertiary/aromatic N) is 1. The molecular formula is C58H43BN2S. The van der Waals surface area contributed by atoms with E-state index in [1.165, 1.54) is 120 Å². The van der Waals surface area contributed by atoms with Crippen molar-refractivity contribution in [1.82, 2.24) is 0 Å². The second kappa shape index (κ2) is 12.8. The molecule has 2 aliphatic heterocycles. The van der Waals surface area contributed by atoms with E-state index in [0.29, 0.717) is 0 Å². The summed E-state index contributed by atoms with van der Waals surface area (Å²) >= 11 is 1.91. The van der Waals surface area contributed by atoms with Gasteiger partial charge < -0.3 is 10.1 Å². The van der Waals surface area contributed by atoms with E-state index in [2.05, 4.69) is 220 Å². The van der Waals surface area contributed by atoms with Gasteiger partial charge in [-0.3, -0.25) is 0 Å². The van der Waals surface area contributed by atoms with Crippen molar-refractivity contribution in [3.63, 3.8) is 0 Å². The summed E-state index contributed by atoms with van der Waals surface area (Å²) in [6.07, 6.45) is 0. The molecule has 0 saturated carbocycles. The Morgan fingerprint density at radius 1 is 0.565 bits per heavy atom. The predicted molar refractivity (Wildman–Crippen MR) is 267 cm³/mol. The lowest BCUT2D eigenvalue weighted by Gasteiger charge is -2.45. The summed E-state index contributed by atoms with van der Waals surface area (Å²) in [6, 6.07) is 68.5. The van der Waals surface area contributed by atoms with Crippen LogP contribution in [0.1, 0.15) is 49.9 Å². The summed E-state index contributed by atoms with van der Waals surface area (Å²) < 4.78 is 2.63. The van der Waals surface area contributed by atoms with E-state index >= 15 is 0 Å². The van der Waals surface area contributed by atoms with Crippen LogP contribution in [-0.2, 0) is 10.8 Å². The van der Waals surface area contributed by atoms with Crippen LogP contribution in [0.4, 0.5) is 22.7 Å². The summed E-state index contributed by atoms with van der Waals surface area (Å²) in [7, 11) is 0. The third kappa shape index (κ3) is 4.87. The van der Waals surface area contributed by atoms with E-state index < -0.39 is 0 Å². The summed E-state index contributed by atoms with van der Waals surface area (Å²) in [5, 5.41) is 9.38. The maximum Gasteiger partial charge on any atom is 0.333 e. The van der Waals surface area contributed by atoms with Crippen LogP contribution in [0.25, 0.3) is 64.3 Å². The molecule has 3 aliphatic rings. The first-order chi connectivity index (χ1) is 30.3. The molecule has 1 aliphatic carbocycles. The fraction of sp³-hybridized carbons (Fsp3) is 0.103. The Kier molecular flexibility index (Phi) is 7.42. The van der Waals surface area contributed by atoms with Crippen LogP contribution in [0.5, 0.6) is 0 Å². The molecule has 0 bridgehead atoms. The highest BCUT2D eigenvalue weighted by atomic mass is 32.1. The molecule has 10 aromatic rings. The van der Waals surface area contributed by atoms with Crippen molar-refractivity contribution in [2.75, 3.05) is 10.1 Å². The molecule has 3 heterocycles. The number of nitrogens with one attached hydrogen (secondary N) is 1. The summed E-state index contributed by atoms with van der Waals surface area (Å²) in [6.45, 7) is 9.51. The number of hydrogen-bond donors (Lipinski definition) is 1. The van der Waals surface area contributed by atoms with Crippen LogP contribution in [0.15, 0.2) is 182 Å². The van der Waals surface area contributed by atoms with Crippen LogP contribution in [0.2, 0.25) is 0 Å². The van der Waals surface area contributed by atoms with Crippen molar-refractivity contribution >= 4 is 82.8 Å². The molecule has 4 heteroatoms. The molecule has 9 aromatic carbocycles. The first kappa shape index (κ1) is 35.8. The fourth-order valence-electron chi connectivity index (χ4n) is 11.4. The van der Waals surface area contributed by atoms with Crippen LogP contribution in [0, 0.1) is 0 Å². The van der Waals surface area contributed by atoms with E-state index in [0.717, 1.165) is 0 Å². The van der Waals surface area contributed by atoms with Gasteiger partial charge in [-0.25, -0.2) is 0 Å². The highest BCUT2D eigenvalue weighted by Gasteiger charge is 2.49. The van der Waals surface area contributed by atoms with Gasteiger partial charge in [-0.2, -0.15) is 0 Å². The van der Waals surface area contributed by atoms with Gasteiger partial charge in [-0.05, 0) is 96.0 Å². The largest absolute Gasteiger partial charge is 0.375 e. The second-order valence-corrected chi connectivity index (χ2v) is 19.6. The standard InChI is InChI=1S/C58H43BN2S/c1-57(2,39-30-28-36-18-8-9-19-37(36)32-39)45-24-15-25-47-55(45)60-48-34-46-52(42-21-10-12-23-44(42)58(46,3)4)53-43-31-29-38(35-16-6-5-7-17-35)33-50(43)61(59(47)54(48)53)49-26-14-22-41-40-20-11-13-27-51(40)62-56(41)49/h5-34,60H,1-4H3. The number of anilines is 4. The smallest absolute Gasteiger partial charge is 0.333 e. The van der Waals surface area contributed by atoms with Gasteiger partial charge in [-0.1, -0.05) is 185 Å². The second-order valence-electron chi connectivity index (χ2n) is 18.5. The van der Waals surface area contributed by atoms with Gasteiger partial charge in [0.15, 0.2) is 0 Å². The van der Waals surface area contributed by atoms with Gasteiger partial charge in [0, 0.05) is 54.6 Å². The Balaban J connectivity index is 1.15. The topological polar surface area (TPSA) is 15.3 Å². The normalized spacial score (nSPS) is 14.3. The van der Waals surface area contributed by atoms with Crippen LogP contribution < -0.4 is 21.1 Å². The number of thiophene rings is 1. The first-order valence-corrected chi connectivity index (χ1v) is 22.7. The molecule has 0 saturated heterocycles. The Bertz CT molecular complexity index is 3520. The van der Waals surface area contributed by atoms with E-state index in [-0.39, 0.29) is 17.7 Å². The number of hydrogen-bond acceptors (Lipinski definition) is 3. The molecule has 0 fully saturated rings. The summed E-state index contributed by atoms with van der Waals surface area (Å²) in [5.74, 6) is 0. The highest BCUT2D eigenvalue weighted by molar-refractivity contribution is 7.26. The van der Waals surface area contributed by atoms with E-state index in [4.69, 9.17) is 0 Å². The monoisotopic (exact) mass is 810 g/mol. The lowest BCUT2D eigenvalue weighted by Crippen LogP contribution is -2.61. The highest BCUT2D eigenvalue weighted by Crippen LogP contribution is 2.57. The third-order valence-corrected chi connectivity index (χ3v) is 15.7. The Morgan fingerprint density at radius 3 is 2.21 bits per heavy atom. The maximum absolute atomic E-state index is 4.23. The molecule has 62 heavy (non-hydrogen) atoms. The van der Waals surface area contributed by atoms with E-state index in [1.807, 2.05) is 11.3 Å². The Morgan fingerprint density at radius 2 is 1.32 bits per heavy atom. The predicted octanol–water partition coefficient (Wildman–Crippen LogP) is 14.5. The fourth-order valence-corrected chi connectivity index (χ4v) is 12.6. The number of fused-ring (bicyclic) bond motifs is 12. The summed E-state index contributed by atoms with van der Waals surface area (Å²) in [5.41, 5.74) is 20.2. The van der Waals surface area contributed by atoms with Gasteiger partial charge in [-0.15, -0.1) is 11.3 Å². The number of para-hydroxylation sites is 1. The molecule has 1 N–H and O–H groups in total. The van der Waals surface area contributed by atoms with Crippen LogP contribution in [0.3, 0.4) is 0 Å². The number of rotatable bonds is 4. The Labute approximate surface area is 367 Å². The van der Waals surface area contributed by atoms with Gasteiger partial charge >= 0.3 is 6.85 Å². The molecule has 0 radical (unpaired) electrons. The molecule has 0 spiro atoms. The molecule has 0 unspecified atom stereocenters. The van der Waals surface area contributed by atoms with Gasteiger partial charge in [0.25, 0.3) is 0 Å². The van der Waals surface area contributed by atoms with E-state index in [9.17, 15) is 0 Å². The zero-order valence-electron chi connectivity index (χ0n) is 35.3. The van der Waals surface area contributed by atoms with Crippen molar-refractivity contribution < 1.29 is 0 Å². The number of benzene rings is 9. The zero-order valence-corrected chi connectivity index (χ0v) is 36.1. The molecule has 0 atom stereocenters. The van der Waals surface area contributed by atoms with Crippen molar-refractivity contribution in [3.05, 3.63) is 204 Å². The quantitative estimate of drug-likeness (QED) is 0.178. The molecule has 294 valence electrons. The first-order valence-electron chi connectivity index (χ1n) is 21.9. The lowest BCUT2D eigenvalue weighted by molar-refractivity contribution is 0.644. The molecular weight excluding hydrogens is 768 g/mol. The molecule has 1 aromatic heterocycles. The molecule has 13 rings (SSSR count). The van der Waals surface area contributed by atoms with E-state index in [1.54, 1.807) is 0 Å². The molecule has 0 amide bonds.